The van der Waals surface area contributed by atoms with E-state index in [-0.39, 0.29) is 19.0 Å². The first-order chi connectivity index (χ1) is 12.3. The molecule has 8 heteroatoms. The lowest BCUT2D eigenvalue weighted by Crippen LogP contribution is -2.45. The smallest absolute Gasteiger partial charge is 0.237 e. The first-order valence-electron chi connectivity index (χ1n) is 8.79. The molecule has 7 nitrogen and oxygen atoms in total. The van der Waals surface area contributed by atoms with Crippen molar-refractivity contribution in [1.29, 1.82) is 0 Å². The second kappa shape index (κ2) is 9.23. The van der Waals surface area contributed by atoms with Crippen LogP contribution >= 0.6 is 0 Å². The Hall–Kier alpha value is -1.80. The van der Waals surface area contributed by atoms with Crippen LogP contribution in [0.5, 0.6) is 11.5 Å². The highest BCUT2D eigenvalue weighted by Gasteiger charge is 2.24. The van der Waals surface area contributed by atoms with Crippen LogP contribution in [0.3, 0.4) is 0 Å². The number of nitrogens with zero attached hydrogens (tertiary/aromatic N) is 2. The van der Waals surface area contributed by atoms with Crippen molar-refractivity contribution < 1.29 is 22.7 Å². The summed E-state index contributed by atoms with van der Waals surface area (Å²) in [5.41, 5.74) is 0.918. The van der Waals surface area contributed by atoms with Gasteiger partial charge in [-0.25, -0.2) is 8.42 Å². The maximum absolute atomic E-state index is 12.4. The van der Waals surface area contributed by atoms with Crippen LogP contribution in [0.25, 0.3) is 0 Å². The number of carbonyl (C=O) groups is 1. The minimum atomic E-state index is -3.47. The van der Waals surface area contributed by atoms with Gasteiger partial charge in [0.05, 0.1) is 27.0 Å². The zero-order chi connectivity index (χ0) is 19.2. The molecule has 26 heavy (non-hydrogen) atoms. The van der Waals surface area contributed by atoms with Gasteiger partial charge in [-0.3, -0.25) is 4.79 Å². The Bertz CT molecular complexity index is 714. The van der Waals surface area contributed by atoms with Crippen LogP contribution in [0.2, 0.25) is 0 Å². The fourth-order valence-corrected chi connectivity index (χ4v) is 3.81. The van der Waals surface area contributed by atoms with Crippen molar-refractivity contribution in [3.05, 3.63) is 23.8 Å². The van der Waals surface area contributed by atoms with Gasteiger partial charge < -0.3 is 14.4 Å². The molecule has 2 rings (SSSR count). The molecule has 0 aromatic heterocycles. The lowest BCUT2D eigenvalue weighted by atomic mass is 10.1. The fourth-order valence-electron chi connectivity index (χ4n) is 3.05. The van der Waals surface area contributed by atoms with E-state index in [0.29, 0.717) is 31.0 Å². The van der Waals surface area contributed by atoms with Crippen molar-refractivity contribution in [2.24, 2.45) is 0 Å². The Balaban J connectivity index is 2.03. The molecule has 1 fully saturated rings. The average Bonchev–Trinajstić information content (AvgIpc) is 2.64. The Labute approximate surface area is 155 Å². The zero-order valence-corrected chi connectivity index (χ0v) is 16.5. The molecule has 1 amide bonds. The molecule has 1 aromatic rings. The third-order valence-electron chi connectivity index (χ3n) is 4.59. The van der Waals surface area contributed by atoms with E-state index in [4.69, 9.17) is 9.47 Å². The monoisotopic (exact) mass is 384 g/mol. The van der Waals surface area contributed by atoms with Gasteiger partial charge in [-0.1, -0.05) is 6.07 Å². The quantitative estimate of drug-likeness (QED) is 0.679. The third-order valence-corrected chi connectivity index (χ3v) is 5.84. The number of hydrogen-bond acceptors (Lipinski definition) is 5. The Morgan fingerprint density at radius 3 is 2.35 bits per heavy atom. The fraction of sp³-hybridized carbons (Fsp3) is 0.611. The summed E-state index contributed by atoms with van der Waals surface area (Å²) in [6.45, 7) is 1.57. The van der Waals surface area contributed by atoms with Crippen LogP contribution in [0, 0.1) is 0 Å². The molecule has 0 atom stereocenters. The molecule has 1 aliphatic rings. The maximum Gasteiger partial charge on any atom is 0.237 e. The van der Waals surface area contributed by atoms with Gasteiger partial charge in [-0.05, 0) is 43.4 Å². The summed E-state index contributed by atoms with van der Waals surface area (Å²) in [6, 6.07) is 5.48. The third kappa shape index (κ3) is 5.60. The summed E-state index contributed by atoms with van der Waals surface area (Å²) in [7, 11) is -0.346. The largest absolute Gasteiger partial charge is 0.493 e. The number of piperidine rings is 1. The highest BCUT2D eigenvalue weighted by atomic mass is 32.2. The highest BCUT2D eigenvalue weighted by molar-refractivity contribution is 7.88. The predicted octanol–water partition coefficient (Wildman–Crippen LogP) is 1.52. The number of sulfonamides is 1. The van der Waals surface area contributed by atoms with E-state index in [2.05, 4.69) is 0 Å². The van der Waals surface area contributed by atoms with Gasteiger partial charge in [-0.15, -0.1) is 0 Å². The predicted molar refractivity (Wildman–Crippen MR) is 100 cm³/mol. The second-order valence-corrected chi connectivity index (χ2v) is 8.46. The molecule has 1 saturated heterocycles. The number of benzene rings is 1. The van der Waals surface area contributed by atoms with E-state index in [1.165, 1.54) is 4.31 Å². The van der Waals surface area contributed by atoms with Crippen LogP contribution in [0.4, 0.5) is 0 Å². The second-order valence-electron chi connectivity index (χ2n) is 6.48. The summed E-state index contributed by atoms with van der Waals surface area (Å²) in [4.78, 5) is 14.2. The van der Waals surface area contributed by atoms with E-state index >= 15 is 0 Å². The van der Waals surface area contributed by atoms with Gasteiger partial charge in [0.1, 0.15) is 0 Å². The lowest BCUT2D eigenvalue weighted by Gasteiger charge is -2.29. The molecule has 0 bridgehead atoms. The first-order valence-corrected chi connectivity index (χ1v) is 10.6. The molecule has 146 valence electrons. The summed E-state index contributed by atoms with van der Waals surface area (Å²) in [5.74, 6) is 1.10. The summed E-state index contributed by atoms with van der Waals surface area (Å²) < 4.78 is 35.9. The van der Waals surface area contributed by atoms with Gasteiger partial charge in [0.15, 0.2) is 11.5 Å². The van der Waals surface area contributed by atoms with Gasteiger partial charge in [0.2, 0.25) is 15.9 Å². The van der Waals surface area contributed by atoms with Crippen molar-refractivity contribution in [1.82, 2.24) is 9.21 Å². The molecule has 0 radical (unpaired) electrons. The topological polar surface area (TPSA) is 76.2 Å². The lowest BCUT2D eigenvalue weighted by molar-refractivity contribution is -0.132. The highest BCUT2D eigenvalue weighted by Crippen LogP contribution is 2.27. The molecule has 0 spiro atoms. The maximum atomic E-state index is 12.4. The average molecular weight is 384 g/mol. The Kier molecular flexibility index (Phi) is 7.28. The van der Waals surface area contributed by atoms with Crippen molar-refractivity contribution in [2.45, 2.75) is 25.7 Å². The molecule has 1 heterocycles. The number of carbonyl (C=O) groups excluding carboxylic acids is 1. The van der Waals surface area contributed by atoms with Crippen LogP contribution in [0.1, 0.15) is 24.8 Å². The zero-order valence-electron chi connectivity index (χ0n) is 15.7. The molecule has 0 saturated carbocycles. The Morgan fingerprint density at radius 2 is 1.77 bits per heavy atom. The van der Waals surface area contributed by atoms with Gasteiger partial charge in [0.25, 0.3) is 0 Å². The van der Waals surface area contributed by atoms with E-state index in [1.54, 1.807) is 25.2 Å². The van der Waals surface area contributed by atoms with E-state index in [0.717, 1.165) is 31.1 Å². The normalized spacial score (nSPS) is 15.2. The minimum Gasteiger partial charge on any atom is -0.493 e. The van der Waals surface area contributed by atoms with E-state index in [1.807, 2.05) is 12.1 Å². The molecule has 1 aliphatic heterocycles. The number of methoxy groups -OCH3 is 2. The summed E-state index contributed by atoms with van der Waals surface area (Å²) in [5, 5.41) is 0. The Morgan fingerprint density at radius 1 is 1.12 bits per heavy atom. The van der Waals surface area contributed by atoms with Crippen molar-refractivity contribution >= 4 is 15.9 Å². The van der Waals surface area contributed by atoms with Crippen molar-refractivity contribution in [2.75, 3.05) is 46.7 Å². The number of likely N-dealkylation sites (tertiary alicyclic amines) is 1. The standard InChI is InChI=1S/C18H28N2O5S/c1-24-16-8-7-15(13-17(16)25-2)9-12-20(26(3,22)23)14-18(21)19-10-5-4-6-11-19/h7-8,13H,4-6,9-12,14H2,1-3H3. The van der Waals surface area contributed by atoms with Gasteiger partial charge in [0, 0.05) is 19.6 Å². The number of amides is 1. The van der Waals surface area contributed by atoms with Crippen LogP contribution in [-0.2, 0) is 21.2 Å². The van der Waals surface area contributed by atoms with Crippen molar-refractivity contribution in [3.8, 4) is 11.5 Å². The molecule has 1 aromatic carbocycles. The number of rotatable bonds is 8. The summed E-state index contributed by atoms with van der Waals surface area (Å²) >= 11 is 0. The molecular formula is C18H28N2O5S. The number of ether oxygens (including phenoxy) is 2. The van der Waals surface area contributed by atoms with E-state index < -0.39 is 10.0 Å². The SMILES string of the molecule is COc1ccc(CCN(CC(=O)N2CCCCC2)S(C)(=O)=O)cc1OC. The van der Waals surface area contributed by atoms with Crippen LogP contribution in [0.15, 0.2) is 18.2 Å². The van der Waals surface area contributed by atoms with Crippen molar-refractivity contribution in [3.63, 3.8) is 0 Å². The summed E-state index contributed by atoms with van der Waals surface area (Å²) in [6.07, 6.45) is 4.72. The van der Waals surface area contributed by atoms with Crippen LogP contribution < -0.4 is 9.47 Å². The molecule has 0 aliphatic carbocycles. The molecule has 0 N–H and O–H groups in total. The minimum absolute atomic E-state index is 0.105. The van der Waals surface area contributed by atoms with Gasteiger partial charge in [-0.2, -0.15) is 4.31 Å². The van der Waals surface area contributed by atoms with E-state index in [9.17, 15) is 13.2 Å². The molecule has 0 unspecified atom stereocenters. The number of hydrogen-bond donors (Lipinski definition) is 0. The van der Waals surface area contributed by atoms with Crippen LogP contribution in [-0.4, -0.2) is 70.2 Å². The first kappa shape index (κ1) is 20.5. The molecular weight excluding hydrogens is 356 g/mol. The van der Waals surface area contributed by atoms with Gasteiger partial charge >= 0.3 is 0 Å².